The summed E-state index contributed by atoms with van der Waals surface area (Å²) in [4.78, 5) is 41.7. The van der Waals surface area contributed by atoms with E-state index in [2.05, 4.69) is 15.1 Å². The zero-order valence-electron chi connectivity index (χ0n) is 14.7. The fourth-order valence-electron chi connectivity index (χ4n) is 2.87. The van der Waals surface area contributed by atoms with E-state index in [4.69, 9.17) is 27.9 Å². The Morgan fingerprint density at radius 1 is 1.18 bits per heavy atom. The molecule has 0 bridgehead atoms. The van der Waals surface area contributed by atoms with Gasteiger partial charge in [0.2, 0.25) is 5.90 Å². The molecule has 2 aliphatic rings. The Hall–Kier alpha value is -2.71. The number of hydrogen-bond acceptors (Lipinski definition) is 6. The van der Waals surface area contributed by atoms with Crippen molar-refractivity contribution in [3.05, 3.63) is 54.7 Å². The molecule has 1 aliphatic heterocycles. The molecule has 0 radical (unpaired) electrons. The summed E-state index contributed by atoms with van der Waals surface area (Å²) in [6, 6.07) is 2.93. The van der Waals surface area contributed by atoms with E-state index in [1.807, 2.05) is 0 Å². The number of carbonyl (C=O) groups excluding carboxylic acids is 1. The van der Waals surface area contributed by atoms with Crippen molar-refractivity contribution < 1.29 is 9.53 Å². The van der Waals surface area contributed by atoms with Crippen molar-refractivity contribution in [3.63, 3.8) is 0 Å². The Balaban J connectivity index is 1.67. The first-order valence-corrected chi connectivity index (χ1v) is 9.23. The van der Waals surface area contributed by atoms with Gasteiger partial charge in [-0.2, -0.15) is 5.10 Å². The van der Waals surface area contributed by atoms with Gasteiger partial charge in [0.05, 0.1) is 10.0 Å². The van der Waals surface area contributed by atoms with Crippen LogP contribution in [0, 0.1) is 5.92 Å². The zero-order valence-corrected chi connectivity index (χ0v) is 16.2. The number of aryl methyl sites for hydroxylation is 1. The lowest BCUT2D eigenvalue weighted by Crippen LogP contribution is -2.31. The molecule has 0 atom stereocenters. The van der Waals surface area contributed by atoms with Gasteiger partial charge in [0.15, 0.2) is 17.2 Å². The monoisotopic (exact) mass is 420 g/mol. The third kappa shape index (κ3) is 3.53. The van der Waals surface area contributed by atoms with Crippen LogP contribution in [0.25, 0.3) is 11.3 Å². The number of ether oxygens (including phenoxy) is 1. The van der Waals surface area contributed by atoms with Gasteiger partial charge in [-0.3, -0.25) is 14.6 Å². The molecular formula is C18H14Cl2N4O4. The molecule has 8 nitrogen and oxygen atoms in total. The normalized spacial score (nSPS) is 16.6. The summed E-state index contributed by atoms with van der Waals surface area (Å²) in [6.07, 6.45) is 3.60. The van der Waals surface area contributed by atoms with Crippen LogP contribution >= 0.6 is 23.2 Å². The molecule has 1 N–H and O–H groups in total. The second-order valence-electron chi connectivity index (χ2n) is 6.55. The lowest BCUT2D eigenvalue weighted by Gasteiger charge is -2.15. The molecule has 0 unspecified atom stereocenters. The van der Waals surface area contributed by atoms with E-state index in [1.165, 1.54) is 19.2 Å². The summed E-state index contributed by atoms with van der Waals surface area (Å²) >= 11 is 12.6. The second kappa shape index (κ2) is 7.03. The Morgan fingerprint density at radius 3 is 2.50 bits per heavy atom. The molecule has 1 fully saturated rings. The largest absolute Gasteiger partial charge is 0.436 e. The maximum atomic E-state index is 12.0. The third-order valence-electron chi connectivity index (χ3n) is 4.45. The first-order valence-electron chi connectivity index (χ1n) is 8.47. The molecule has 1 aromatic carbocycles. The van der Waals surface area contributed by atoms with Crippen LogP contribution in [0.2, 0.25) is 10.0 Å². The number of hydrogen-bond donors (Lipinski definition) is 1. The topological polar surface area (TPSA) is 106 Å². The molecule has 1 saturated carbocycles. The Labute approximate surface area is 168 Å². The van der Waals surface area contributed by atoms with Crippen molar-refractivity contribution in [1.82, 2.24) is 14.8 Å². The lowest BCUT2D eigenvalue weighted by molar-refractivity contribution is -0.114. The van der Waals surface area contributed by atoms with E-state index in [9.17, 15) is 14.4 Å². The fourth-order valence-corrected chi connectivity index (χ4v) is 3.43. The highest BCUT2D eigenvalue weighted by Crippen LogP contribution is 2.39. The number of nitrogens with one attached hydrogen (secondary N) is 1. The Bertz CT molecular complexity index is 1150. The number of H-pyrrole nitrogens is 1. The standard InChI is InChI=1S/C18H14Cl2N4O4/c1-24-18(27)22-17(26)15(23-24)9-4-11(19)16(12(20)5-9)28-14-6-10(8-2-3-8)13(25)7-21-14/h4-6,8H,2-3,7H2,1H3,(H,22,26,27). The van der Waals surface area contributed by atoms with Crippen LogP contribution in [-0.4, -0.2) is 33.0 Å². The summed E-state index contributed by atoms with van der Waals surface area (Å²) < 4.78 is 6.73. The van der Waals surface area contributed by atoms with Crippen molar-refractivity contribution in [2.75, 3.05) is 6.54 Å². The van der Waals surface area contributed by atoms with Crippen molar-refractivity contribution >= 4 is 34.9 Å². The van der Waals surface area contributed by atoms with Crippen LogP contribution in [0.3, 0.4) is 0 Å². The van der Waals surface area contributed by atoms with Gasteiger partial charge in [-0.25, -0.2) is 14.5 Å². The number of aromatic amines is 1. The number of carbonyl (C=O) groups is 1. The van der Waals surface area contributed by atoms with Gasteiger partial charge in [0.1, 0.15) is 6.54 Å². The smallest absolute Gasteiger partial charge is 0.344 e. The van der Waals surface area contributed by atoms with Gasteiger partial charge >= 0.3 is 5.69 Å². The maximum absolute atomic E-state index is 12.0. The summed E-state index contributed by atoms with van der Waals surface area (Å²) in [5.74, 6) is 0.698. The number of halogens is 2. The molecule has 2 aromatic rings. The van der Waals surface area contributed by atoms with Gasteiger partial charge in [0, 0.05) is 24.3 Å². The minimum absolute atomic E-state index is 0.00220. The minimum Gasteiger partial charge on any atom is -0.436 e. The van der Waals surface area contributed by atoms with Crippen LogP contribution in [0.15, 0.2) is 38.4 Å². The second-order valence-corrected chi connectivity index (χ2v) is 7.37. The van der Waals surface area contributed by atoms with Crippen molar-refractivity contribution in [3.8, 4) is 17.0 Å². The molecule has 0 saturated heterocycles. The number of ketones is 1. The van der Waals surface area contributed by atoms with E-state index in [-0.39, 0.29) is 45.6 Å². The molecule has 4 rings (SSSR count). The van der Waals surface area contributed by atoms with E-state index in [1.54, 1.807) is 6.08 Å². The van der Waals surface area contributed by atoms with Crippen molar-refractivity contribution in [2.45, 2.75) is 12.8 Å². The van der Waals surface area contributed by atoms with Gasteiger partial charge in [-0.05, 0) is 30.9 Å². The van der Waals surface area contributed by atoms with Gasteiger partial charge in [0.25, 0.3) is 5.56 Å². The van der Waals surface area contributed by atoms with E-state index in [0.717, 1.165) is 23.1 Å². The van der Waals surface area contributed by atoms with Crippen LogP contribution in [0.4, 0.5) is 0 Å². The molecule has 2 heterocycles. The maximum Gasteiger partial charge on any atom is 0.344 e. The molecule has 144 valence electrons. The van der Waals surface area contributed by atoms with E-state index >= 15 is 0 Å². The van der Waals surface area contributed by atoms with Crippen molar-refractivity contribution in [2.24, 2.45) is 18.0 Å². The molecule has 0 spiro atoms. The number of aliphatic imine (C=N–C) groups is 1. The van der Waals surface area contributed by atoms with Gasteiger partial charge in [-0.1, -0.05) is 23.2 Å². The third-order valence-corrected chi connectivity index (χ3v) is 5.02. The number of nitrogens with zero attached hydrogens (tertiary/aromatic N) is 3. The molecule has 0 amide bonds. The minimum atomic E-state index is -0.656. The van der Waals surface area contributed by atoms with Crippen LogP contribution in [0.1, 0.15) is 12.8 Å². The average Bonchev–Trinajstić information content (AvgIpc) is 3.47. The number of Topliss-reactive ketones (excluding diaryl/α,β-unsaturated/α-hetero) is 1. The Morgan fingerprint density at radius 2 is 1.86 bits per heavy atom. The lowest BCUT2D eigenvalue weighted by atomic mass is 10.0. The van der Waals surface area contributed by atoms with Crippen LogP contribution in [-0.2, 0) is 11.8 Å². The summed E-state index contributed by atoms with van der Waals surface area (Å²) in [6.45, 7) is 0.0301. The van der Waals surface area contributed by atoms with Gasteiger partial charge in [-0.15, -0.1) is 0 Å². The number of benzene rings is 1. The van der Waals surface area contributed by atoms with E-state index in [0.29, 0.717) is 5.56 Å². The van der Waals surface area contributed by atoms with Crippen LogP contribution in [0.5, 0.6) is 5.75 Å². The molecule has 28 heavy (non-hydrogen) atoms. The van der Waals surface area contributed by atoms with Crippen LogP contribution < -0.4 is 16.0 Å². The van der Waals surface area contributed by atoms with Gasteiger partial charge < -0.3 is 4.74 Å². The highest BCUT2D eigenvalue weighted by atomic mass is 35.5. The number of rotatable bonds is 3. The first kappa shape index (κ1) is 18.6. The highest BCUT2D eigenvalue weighted by Gasteiger charge is 2.32. The quantitative estimate of drug-likeness (QED) is 0.818. The predicted octanol–water partition coefficient (Wildman–Crippen LogP) is 2.14. The molecule has 1 aromatic heterocycles. The summed E-state index contributed by atoms with van der Waals surface area (Å²) in [7, 11) is 1.41. The number of dihydropyridines is 1. The zero-order chi connectivity index (χ0) is 20.0. The predicted molar refractivity (Wildman–Crippen MR) is 104 cm³/mol. The fraction of sp³-hybridized carbons (Fsp3) is 0.278. The average molecular weight is 421 g/mol. The SMILES string of the molecule is Cn1nc(-c2cc(Cl)c(OC3=NCC(=O)C(C4CC4)=C3)c(Cl)c2)c(=O)[nH]c1=O. The van der Waals surface area contributed by atoms with E-state index < -0.39 is 11.2 Å². The summed E-state index contributed by atoms with van der Waals surface area (Å²) in [5.41, 5.74) is -0.247. The molecule has 1 aliphatic carbocycles. The molecular weight excluding hydrogens is 407 g/mol. The highest BCUT2D eigenvalue weighted by molar-refractivity contribution is 6.38. The van der Waals surface area contributed by atoms with Crippen molar-refractivity contribution in [1.29, 1.82) is 0 Å². The molecule has 10 heteroatoms. The first-order chi connectivity index (χ1) is 13.3. The summed E-state index contributed by atoms with van der Waals surface area (Å²) in [5, 5.41) is 4.22. The Kier molecular flexibility index (Phi) is 4.68. The number of aromatic nitrogens is 3.